The fourth-order valence-corrected chi connectivity index (χ4v) is 2.06. The topological polar surface area (TPSA) is 12.4 Å². The summed E-state index contributed by atoms with van der Waals surface area (Å²) in [5, 5.41) is 0. The number of aryl methyl sites for hydroxylation is 2. The van der Waals surface area contributed by atoms with Crippen LogP contribution in [0.3, 0.4) is 0 Å². The van der Waals surface area contributed by atoms with Gasteiger partial charge in [-0.15, -0.1) is 0 Å². The van der Waals surface area contributed by atoms with Crippen molar-refractivity contribution in [3.05, 3.63) is 34.9 Å². The molecule has 0 aliphatic carbocycles. The molecule has 1 aromatic carbocycles. The lowest BCUT2D eigenvalue weighted by molar-refractivity contribution is 0.602. The summed E-state index contributed by atoms with van der Waals surface area (Å²) in [5.74, 6) is 0.671. The van der Waals surface area contributed by atoms with E-state index in [4.69, 9.17) is 0 Å². The Morgan fingerprint density at radius 2 is 2.00 bits per heavy atom. The zero-order chi connectivity index (χ0) is 12.1. The van der Waals surface area contributed by atoms with Crippen LogP contribution < -0.4 is 0 Å². The van der Waals surface area contributed by atoms with E-state index in [0.717, 1.165) is 12.8 Å². The van der Waals surface area contributed by atoms with Gasteiger partial charge >= 0.3 is 0 Å². The van der Waals surface area contributed by atoms with E-state index in [0.29, 0.717) is 5.92 Å². The zero-order valence-corrected chi connectivity index (χ0v) is 11.2. The summed E-state index contributed by atoms with van der Waals surface area (Å²) in [5.41, 5.74) is 5.49. The monoisotopic (exact) mass is 217 g/mol. The molecule has 1 unspecified atom stereocenters. The van der Waals surface area contributed by atoms with Gasteiger partial charge in [-0.05, 0) is 50.7 Å². The van der Waals surface area contributed by atoms with Gasteiger partial charge in [0.15, 0.2) is 0 Å². The normalized spacial score (nSPS) is 13.9. The van der Waals surface area contributed by atoms with Crippen LogP contribution in [0.5, 0.6) is 0 Å². The molecule has 16 heavy (non-hydrogen) atoms. The maximum atomic E-state index is 4.23. The standard InChI is InChI=1S/C15H23N/c1-11-6-7-13(3)15(9-11)10-12(2)8-14(4)16-5/h6-7,9,12H,8,10H2,1-5H3/b16-14+. The molecule has 0 saturated carbocycles. The largest absolute Gasteiger partial charge is 0.298 e. The van der Waals surface area contributed by atoms with E-state index in [-0.39, 0.29) is 0 Å². The molecule has 1 nitrogen and oxygen atoms in total. The van der Waals surface area contributed by atoms with E-state index in [1.165, 1.54) is 22.4 Å². The lowest BCUT2D eigenvalue weighted by atomic mass is 9.93. The van der Waals surface area contributed by atoms with Gasteiger partial charge in [0.25, 0.3) is 0 Å². The van der Waals surface area contributed by atoms with Crippen molar-refractivity contribution >= 4 is 5.71 Å². The summed E-state index contributed by atoms with van der Waals surface area (Å²) >= 11 is 0. The number of rotatable bonds is 4. The second-order valence-corrected chi connectivity index (χ2v) is 4.90. The quantitative estimate of drug-likeness (QED) is 0.677. The number of nitrogens with zero attached hydrogens (tertiary/aromatic N) is 1. The smallest absolute Gasteiger partial charge is 0.0276 e. The Hall–Kier alpha value is -1.11. The molecule has 0 saturated heterocycles. The molecule has 0 radical (unpaired) electrons. The highest BCUT2D eigenvalue weighted by Crippen LogP contribution is 2.17. The van der Waals surface area contributed by atoms with Gasteiger partial charge in [0.1, 0.15) is 0 Å². The van der Waals surface area contributed by atoms with E-state index >= 15 is 0 Å². The molecule has 1 heteroatoms. The average Bonchev–Trinajstić information content (AvgIpc) is 2.23. The molecule has 1 rings (SSSR count). The van der Waals surface area contributed by atoms with Crippen molar-refractivity contribution in [3.8, 4) is 0 Å². The zero-order valence-electron chi connectivity index (χ0n) is 11.2. The van der Waals surface area contributed by atoms with Crippen molar-refractivity contribution in [3.63, 3.8) is 0 Å². The molecular formula is C15H23N. The Labute approximate surface area is 99.6 Å². The number of aliphatic imine (C=N–C) groups is 1. The Morgan fingerprint density at radius 3 is 2.62 bits per heavy atom. The molecule has 0 amide bonds. The van der Waals surface area contributed by atoms with Crippen molar-refractivity contribution in [2.45, 2.75) is 40.5 Å². The Bertz CT molecular complexity index is 377. The van der Waals surface area contributed by atoms with Crippen LogP contribution in [0.1, 0.15) is 37.0 Å². The molecule has 88 valence electrons. The third-order valence-corrected chi connectivity index (χ3v) is 3.10. The van der Waals surface area contributed by atoms with Gasteiger partial charge in [-0.2, -0.15) is 0 Å². The van der Waals surface area contributed by atoms with Gasteiger partial charge in [0, 0.05) is 12.8 Å². The van der Waals surface area contributed by atoms with E-state index in [1.807, 2.05) is 7.05 Å². The SMILES string of the molecule is C/N=C(\C)CC(C)Cc1cc(C)ccc1C. The molecule has 0 aromatic heterocycles. The maximum Gasteiger partial charge on any atom is 0.0276 e. The van der Waals surface area contributed by atoms with Crippen molar-refractivity contribution in [2.24, 2.45) is 10.9 Å². The molecule has 0 aliphatic heterocycles. The van der Waals surface area contributed by atoms with E-state index in [9.17, 15) is 0 Å². The first kappa shape index (κ1) is 13.0. The van der Waals surface area contributed by atoms with Crippen LogP contribution in [-0.4, -0.2) is 12.8 Å². The number of hydrogen-bond donors (Lipinski definition) is 0. The minimum atomic E-state index is 0.671. The van der Waals surface area contributed by atoms with E-state index in [2.05, 4.69) is 50.9 Å². The van der Waals surface area contributed by atoms with Gasteiger partial charge in [0.2, 0.25) is 0 Å². The highest BCUT2D eigenvalue weighted by atomic mass is 14.7. The first-order valence-electron chi connectivity index (χ1n) is 6.01. The first-order valence-corrected chi connectivity index (χ1v) is 6.01. The van der Waals surface area contributed by atoms with Crippen LogP contribution in [0.25, 0.3) is 0 Å². The fourth-order valence-electron chi connectivity index (χ4n) is 2.06. The van der Waals surface area contributed by atoms with Crippen LogP contribution in [-0.2, 0) is 6.42 Å². The molecule has 0 spiro atoms. The first-order chi connectivity index (χ1) is 7.52. The Morgan fingerprint density at radius 1 is 1.31 bits per heavy atom. The summed E-state index contributed by atoms with van der Waals surface area (Å²) in [6, 6.07) is 6.71. The van der Waals surface area contributed by atoms with Crippen molar-refractivity contribution < 1.29 is 0 Å². The Balaban J connectivity index is 2.69. The maximum absolute atomic E-state index is 4.23. The average molecular weight is 217 g/mol. The van der Waals surface area contributed by atoms with Gasteiger partial charge in [0.05, 0.1) is 0 Å². The predicted octanol–water partition coefficient (Wildman–Crippen LogP) is 3.96. The predicted molar refractivity (Wildman–Crippen MR) is 72.4 cm³/mol. The summed E-state index contributed by atoms with van der Waals surface area (Å²) in [6.07, 6.45) is 2.25. The lowest BCUT2D eigenvalue weighted by Crippen LogP contribution is -2.06. The molecule has 1 aromatic rings. The molecule has 0 bridgehead atoms. The third kappa shape index (κ3) is 3.80. The van der Waals surface area contributed by atoms with Crippen LogP contribution in [0.15, 0.2) is 23.2 Å². The third-order valence-electron chi connectivity index (χ3n) is 3.10. The van der Waals surface area contributed by atoms with Gasteiger partial charge in [-0.25, -0.2) is 0 Å². The lowest BCUT2D eigenvalue weighted by Gasteiger charge is -2.13. The van der Waals surface area contributed by atoms with Crippen LogP contribution >= 0.6 is 0 Å². The highest BCUT2D eigenvalue weighted by Gasteiger charge is 2.07. The molecule has 0 N–H and O–H groups in total. The van der Waals surface area contributed by atoms with Crippen molar-refractivity contribution in [2.75, 3.05) is 7.05 Å². The summed E-state index contributed by atoms with van der Waals surface area (Å²) < 4.78 is 0. The Kier molecular flexibility index (Phi) is 4.72. The van der Waals surface area contributed by atoms with Gasteiger partial charge < -0.3 is 0 Å². The second kappa shape index (κ2) is 5.83. The minimum Gasteiger partial charge on any atom is -0.298 e. The van der Waals surface area contributed by atoms with Crippen LogP contribution in [0, 0.1) is 19.8 Å². The highest BCUT2D eigenvalue weighted by molar-refractivity contribution is 5.81. The molecule has 1 atom stereocenters. The molecule has 0 fully saturated rings. The second-order valence-electron chi connectivity index (χ2n) is 4.90. The van der Waals surface area contributed by atoms with Crippen molar-refractivity contribution in [1.29, 1.82) is 0 Å². The summed E-state index contributed by atoms with van der Waals surface area (Å²) in [6.45, 7) is 8.77. The van der Waals surface area contributed by atoms with Crippen LogP contribution in [0.2, 0.25) is 0 Å². The summed E-state index contributed by atoms with van der Waals surface area (Å²) in [4.78, 5) is 4.23. The number of hydrogen-bond acceptors (Lipinski definition) is 1. The minimum absolute atomic E-state index is 0.671. The van der Waals surface area contributed by atoms with E-state index in [1.54, 1.807) is 0 Å². The van der Waals surface area contributed by atoms with Gasteiger partial charge in [-0.1, -0.05) is 30.7 Å². The molecule has 0 heterocycles. The number of benzene rings is 1. The fraction of sp³-hybridized carbons (Fsp3) is 0.533. The van der Waals surface area contributed by atoms with Crippen molar-refractivity contribution in [1.82, 2.24) is 0 Å². The molecular weight excluding hydrogens is 194 g/mol. The molecule has 0 aliphatic rings. The summed E-state index contributed by atoms with van der Waals surface area (Å²) in [7, 11) is 1.87. The van der Waals surface area contributed by atoms with Crippen LogP contribution in [0.4, 0.5) is 0 Å². The van der Waals surface area contributed by atoms with Gasteiger partial charge in [-0.3, -0.25) is 4.99 Å². The van der Waals surface area contributed by atoms with E-state index < -0.39 is 0 Å².